The molecule has 0 bridgehead atoms. The van der Waals surface area contributed by atoms with Gasteiger partial charge in [-0.05, 0) is 12.1 Å². The zero-order valence-electron chi connectivity index (χ0n) is 7.68. The molecule has 2 aromatic heterocycles. The van der Waals surface area contributed by atoms with Crippen molar-refractivity contribution in [1.82, 2.24) is 9.97 Å². The van der Waals surface area contributed by atoms with Crippen LogP contribution in [0.25, 0.3) is 0 Å². The van der Waals surface area contributed by atoms with Crippen LogP contribution < -0.4 is 11.1 Å². The van der Waals surface area contributed by atoms with Crippen LogP contribution in [0.1, 0.15) is 10.5 Å². The lowest BCUT2D eigenvalue weighted by Crippen LogP contribution is -2.13. The molecule has 0 atom stereocenters. The summed E-state index contributed by atoms with van der Waals surface area (Å²) in [6.07, 6.45) is 2.43. The number of aromatic nitrogens is 2. The topological polar surface area (TPSA) is 94.0 Å². The number of nitrogens with zero attached hydrogens (tertiary/aromatic N) is 2. The highest BCUT2D eigenvalue weighted by Gasteiger charge is 2.09. The molecule has 6 heteroatoms. The summed E-state index contributed by atoms with van der Waals surface area (Å²) in [5, 5.41) is 2.53. The highest BCUT2D eigenvalue weighted by molar-refractivity contribution is 6.02. The fourth-order valence-corrected chi connectivity index (χ4v) is 1.03. The first-order chi connectivity index (χ1) is 7.25. The van der Waals surface area contributed by atoms with Gasteiger partial charge in [0.15, 0.2) is 12.1 Å². The second kappa shape index (κ2) is 3.79. The minimum absolute atomic E-state index is 0.194. The summed E-state index contributed by atoms with van der Waals surface area (Å²) in [6.45, 7) is 0. The number of nitrogen functional groups attached to an aromatic ring is 1. The van der Waals surface area contributed by atoms with Crippen molar-refractivity contribution >= 4 is 17.5 Å². The van der Waals surface area contributed by atoms with E-state index in [2.05, 4.69) is 19.7 Å². The summed E-state index contributed by atoms with van der Waals surface area (Å²) in [5.74, 6) is 0.331. The van der Waals surface area contributed by atoms with E-state index in [0.717, 1.165) is 0 Å². The Bertz CT molecular complexity index is 467. The van der Waals surface area contributed by atoms with Gasteiger partial charge in [0.1, 0.15) is 17.9 Å². The first-order valence-corrected chi connectivity index (χ1v) is 4.18. The average Bonchev–Trinajstić information content (AvgIpc) is 2.70. The number of pyridine rings is 1. The maximum atomic E-state index is 11.5. The van der Waals surface area contributed by atoms with E-state index >= 15 is 0 Å². The molecule has 6 nitrogen and oxygen atoms in total. The molecule has 0 aliphatic heterocycles. The van der Waals surface area contributed by atoms with Gasteiger partial charge >= 0.3 is 0 Å². The molecular weight excluding hydrogens is 196 g/mol. The van der Waals surface area contributed by atoms with Gasteiger partial charge < -0.3 is 15.5 Å². The van der Waals surface area contributed by atoms with E-state index in [1.165, 1.54) is 12.7 Å². The number of amides is 1. The van der Waals surface area contributed by atoms with Crippen molar-refractivity contribution in [2.75, 3.05) is 11.1 Å². The Kier molecular flexibility index (Phi) is 2.32. The summed E-state index contributed by atoms with van der Waals surface area (Å²) in [4.78, 5) is 19.1. The minimum atomic E-state index is -0.387. The molecule has 76 valence electrons. The smallest absolute Gasteiger partial charge is 0.278 e. The molecular formula is C9H8N4O2. The Morgan fingerprint density at radius 2 is 2.33 bits per heavy atom. The summed E-state index contributed by atoms with van der Waals surface area (Å²) in [7, 11) is 0. The van der Waals surface area contributed by atoms with Crippen molar-refractivity contribution in [1.29, 1.82) is 0 Å². The highest BCUT2D eigenvalue weighted by Crippen LogP contribution is 2.07. The van der Waals surface area contributed by atoms with Gasteiger partial charge in [0, 0.05) is 0 Å². The number of nitrogens with two attached hydrogens (primary N) is 1. The number of oxazole rings is 1. The van der Waals surface area contributed by atoms with Crippen LogP contribution in [0.15, 0.2) is 35.3 Å². The minimum Gasteiger partial charge on any atom is -0.451 e. The van der Waals surface area contributed by atoms with Crippen LogP contribution in [-0.2, 0) is 0 Å². The Morgan fingerprint density at radius 1 is 1.47 bits per heavy atom. The van der Waals surface area contributed by atoms with E-state index in [0.29, 0.717) is 11.6 Å². The third-order valence-corrected chi connectivity index (χ3v) is 1.68. The molecule has 2 rings (SSSR count). The standard InChI is InChI=1S/C9H8N4O2/c10-7-2-1-3-8(12-7)13-9(14)6-4-15-5-11-6/h1-5H,(H3,10,12,13,14). The van der Waals surface area contributed by atoms with Crippen molar-refractivity contribution < 1.29 is 9.21 Å². The third-order valence-electron chi connectivity index (χ3n) is 1.68. The molecule has 15 heavy (non-hydrogen) atoms. The molecule has 1 amide bonds. The molecule has 2 heterocycles. The summed E-state index contributed by atoms with van der Waals surface area (Å²) in [5.41, 5.74) is 5.65. The molecule has 0 spiro atoms. The van der Waals surface area contributed by atoms with E-state index in [1.54, 1.807) is 18.2 Å². The van der Waals surface area contributed by atoms with Crippen molar-refractivity contribution in [3.05, 3.63) is 36.5 Å². The number of hydrogen-bond donors (Lipinski definition) is 2. The van der Waals surface area contributed by atoms with Crippen LogP contribution in [0.3, 0.4) is 0 Å². The lowest BCUT2D eigenvalue weighted by atomic mass is 10.4. The molecule has 2 aromatic rings. The van der Waals surface area contributed by atoms with Gasteiger partial charge in [-0.15, -0.1) is 0 Å². The van der Waals surface area contributed by atoms with E-state index in [1.807, 2.05) is 0 Å². The van der Waals surface area contributed by atoms with Crippen LogP contribution in [0.2, 0.25) is 0 Å². The van der Waals surface area contributed by atoms with Gasteiger partial charge in [0.05, 0.1) is 0 Å². The Morgan fingerprint density at radius 3 is 3.00 bits per heavy atom. The first kappa shape index (κ1) is 9.20. The largest absolute Gasteiger partial charge is 0.451 e. The van der Waals surface area contributed by atoms with Crippen molar-refractivity contribution in [3.63, 3.8) is 0 Å². The average molecular weight is 204 g/mol. The second-order valence-corrected chi connectivity index (χ2v) is 2.78. The Hall–Kier alpha value is -2.37. The van der Waals surface area contributed by atoms with Crippen molar-refractivity contribution in [3.8, 4) is 0 Å². The molecule has 0 aromatic carbocycles. The zero-order valence-corrected chi connectivity index (χ0v) is 7.68. The summed E-state index contributed by atoms with van der Waals surface area (Å²) in [6, 6.07) is 4.96. The summed E-state index contributed by atoms with van der Waals surface area (Å²) >= 11 is 0. The summed E-state index contributed by atoms with van der Waals surface area (Å²) < 4.78 is 4.68. The van der Waals surface area contributed by atoms with Crippen LogP contribution in [0.5, 0.6) is 0 Å². The molecule has 0 saturated heterocycles. The number of anilines is 2. The fraction of sp³-hybridized carbons (Fsp3) is 0. The van der Waals surface area contributed by atoms with E-state index in [4.69, 9.17) is 5.73 Å². The second-order valence-electron chi connectivity index (χ2n) is 2.78. The third kappa shape index (κ3) is 2.11. The first-order valence-electron chi connectivity index (χ1n) is 4.18. The van der Waals surface area contributed by atoms with Crippen LogP contribution in [0.4, 0.5) is 11.6 Å². The number of hydrogen-bond acceptors (Lipinski definition) is 5. The Labute approximate surface area is 85.1 Å². The predicted octanol–water partition coefficient (Wildman–Crippen LogP) is 0.904. The maximum absolute atomic E-state index is 11.5. The monoisotopic (exact) mass is 204 g/mol. The number of nitrogens with one attached hydrogen (secondary N) is 1. The number of carbonyl (C=O) groups excluding carboxylic acids is 1. The Balaban J connectivity index is 2.13. The fourth-order valence-electron chi connectivity index (χ4n) is 1.03. The lowest BCUT2D eigenvalue weighted by Gasteiger charge is -2.01. The van der Waals surface area contributed by atoms with Crippen LogP contribution in [-0.4, -0.2) is 15.9 Å². The molecule has 3 N–H and O–H groups in total. The highest BCUT2D eigenvalue weighted by atomic mass is 16.3. The molecule has 0 aliphatic carbocycles. The van der Waals surface area contributed by atoms with Gasteiger partial charge in [-0.1, -0.05) is 6.07 Å². The quantitative estimate of drug-likeness (QED) is 0.758. The van der Waals surface area contributed by atoms with Crippen LogP contribution in [0, 0.1) is 0 Å². The lowest BCUT2D eigenvalue weighted by molar-refractivity contribution is 0.102. The predicted molar refractivity (Wildman–Crippen MR) is 53.1 cm³/mol. The van der Waals surface area contributed by atoms with Gasteiger partial charge in [-0.25, -0.2) is 9.97 Å². The number of rotatable bonds is 2. The number of carbonyl (C=O) groups is 1. The van der Waals surface area contributed by atoms with Gasteiger partial charge in [0.25, 0.3) is 5.91 Å². The van der Waals surface area contributed by atoms with Gasteiger partial charge in [0.2, 0.25) is 0 Å². The van der Waals surface area contributed by atoms with Gasteiger partial charge in [-0.2, -0.15) is 0 Å². The van der Waals surface area contributed by atoms with Crippen molar-refractivity contribution in [2.24, 2.45) is 0 Å². The molecule has 0 fully saturated rings. The van der Waals surface area contributed by atoms with E-state index in [-0.39, 0.29) is 11.6 Å². The molecule has 0 unspecified atom stereocenters. The van der Waals surface area contributed by atoms with E-state index in [9.17, 15) is 4.79 Å². The SMILES string of the molecule is Nc1cccc(NC(=O)c2cocn2)n1. The molecule has 0 aliphatic rings. The maximum Gasteiger partial charge on any atom is 0.278 e. The molecule has 0 saturated carbocycles. The van der Waals surface area contributed by atoms with Crippen LogP contribution >= 0.6 is 0 Å². The molecule has 0 radical (unpaired) electrons. The van der Waals surface area contributed by atoms with Crippen molar-refractivity contribution in [2.45, 2.75) is 0 Å². The normalized spacial score (nSPS) is 9.87. The zero-order chi connectivity index (χ0) is 10.7. The van der Waals surface area contributed by atoms with Gasteiger partial charge in [-0.3, -0.25) is 4.79 Å². The van der Waals surface area contributed by atoms with E-state index < -0.39 is 0 Å².